The molecule has 0 aromatic carbocycles. The van der Waals surface area contributed by atoms with Gasteiger partial charge in [0, 0.05) is 13.1 Å². The molecule has 4 heteroatoms. The maximum Gasteiger partial charge on any atom is 0.317 e. The smallest absolute Gasteiger partial charge is 0.317 e. The van der Waals surface area contributed by atoms with E-state index in [1.165, 1.54) is 24.2 Å². The third-order valence-corrected chi connectivity index (χ3v) is 2.63. The van der Waals surface area contributed by atoms with Crippen LogP contribution in [0.2, 0.25) is 0 Å². The van der Waals surface area contributed by atoms with Crippen molar-refractivity contribution in [2.45, 2.75) is 38.1 Å². The molecule has 0 saturated heterocycles. The van der Waals surface area contributed by atoms with Gasteiger partial charge in [0.25, 0.3) is 0 Å². The molecule has 0 unspecified atom stereocenters. The topological polar surface area (TPSA) is 49.4 Å². The van der Waals surface area contributed by atoms with E-state index >= 15 is 0 Å². The molecule has 80 valence electrons. The lowest BCUT2D eigenvalue weighted by Gasteiger charge is -2.25. The third kappa shape index (κ3) is 3.36. The number of amides is 2. The van der Waals surface area contributed by atoms with Gasteiger partial charge in [-0.3, -0.25) is 0 Å². The summed E-state index contributed by atoms with van der Waals surface area (Å²) >= 11 is 0. The molecule has 0 radical (unpaired) electrons. The lowest BCUT2D eigenvalue weighted by molar-refractivity contribution is -0.108. The van der Waals surface area contributed by atoms with Gasteiger partial charge >= 0.3 is 6.03 Å². The van der Waals surface area contributed by atoms with Gasteiger partial charge < -0.3 is 15.0 Å². The molecular weight excluding hydrogens is 180 g/mol. The fourth-order valence-electron chi connectivity index (χ4n) is 1.73. The Morgan fingerprint density at radius 1 is 1.43 bits per heavy atom. The summed E-state index contributed by atoms with van der Waals surface area (Å²) in [5, 5.41) is 2.93. The normalized spacial score (nSPS) is 17.5. The van der Waals surface area contributed by atoms with Crippen molar-refractivity contribution in [3.8, 4) is 0 Å². The van der Waals surface area contributed by atoms with Crippen LogP contribution in [0.25, 0.3) is 0 Å². The van der Waals surface area contributed by atoms with Gasteiger partial charge in [0.1, 0.15) is 6.29 Å². The van der Waals surface area contributed by atoms with E-state index < -0.39 is 0 Å². The Hall–Kier alpha value is -1.06. The number of hydrogen-bond donors (Lipinski definition) is 1. The van der Waals surface area contributed by atoms with Crippen molar-refractivity contribution in [1.29, 1.82) is 0 Å². The minimum Gasteiger partial charge on any atom is -0.335 e. The van der Waals surface area contributed by atoms with E-state index in [2.05, 4.69) is 5.32 Å². The van der Waals surface area contributed by atoms with E-state index in [9.17, 15) is 9.59 Å². The lowest BCUT2D eigenvalue weighted by atomic mass is 9.96. The van der Waals surface area contributed by atoms with E-state index in [1.807, 2.05) is 0 Å². The molecule has 0 aliphatic heterocycles. The highest BCUT2D eigenvalue weighted by Crippen LogP contribution is 2.17. The summed E-state index contributed by atoms with van der Waals surface area (Å²) in [6.07, 6.45) is 6.54. The van der Waals surface area contributed by atoms with Gasteiger partial charge in [-0.15, -0.1) is 0 Å². The van der Waals surface area contributed by atoms with E-state index in [4.69, 9.17) is 0 Å². The van der Waals surface area contributed by atoms with Crippen molar-refractivity contribution in [2.75, 3.05) is 13.6 Å². The summed E-state index contributed by atoms with van der Waals surface area (Å²) in [5.74, 6) is 0. The molecule has 0 aromatic heterocycles. The van der Waals surface area contributed by atoms with Gasteiger partial charge in [-0.25, -0.2) is 4.79 Å². The van der Waals surface area contributed by atoms with Crippen molar-refractivity contribution in [3.63, 3.8) is 0 Å². The zero-order valence-corrected chi connectivity index (χ0v) is 8.66. The molecule has 14 heavy (non-hydrogen) atoms. The van der Waals surface area contributed by atoms with Crippen molar-refractivity contribution >= 4 is 12.3 Å². The van der Waals surface area contributed by atoms with E-state index in [0.717, 1.165) is 19.1 Å². The minimum absolute atomic E-state index is 0.135. The number of carbonyl (C=O) groups excluding carboxylic acids is 2. The number of aldehydes is 1. The molecule has 1 saturated carbocycles. The highest BCUT2D eigenvalue weighted by atomic mass is 16.2. The van der Waals surface area contributed by atoms with E-state index in [0.29, 0.717) is 6.04 Å². The average molecular weight is 198 g/mol. The second-order valence-corrected chi connectivity index (χ2v) is 3.83. The molecular formula is C10H18N2O2. The van der Waals surface area contributed by atoms with Crippen LogP contribution in [0.4, 0.5) is 4.79 Å². The highest BCUT2D eigenvalue weighted by Gasteiger charge is 2.17. The Labute approximate surface area is 84.7 Å². The summed E-state index contributed by atoms with van der Waals surface area (Å²) in [5.41, 5.74) is 0. The van der Waals surface area contributed by atoms with Crippen LogP contribution in [0, 0.1) is 0 Å². The molecule has 0 atom stereocenters. The zero-order valence-electron chi connectivity index (χ0n) is 8.66. The molecule has 1 aliphatic carbocycles. The summed E-state index contributed by atoms with van der Waals surface area (Å²) in [6, 6.07) is 0.175. The molecule has 0 bridgehead atoms. The Balaban J connectivity index is 2.27. The van der Waals surface area contributed by atoms with Crippen molar-refractivity contribution in [3.05, 3.63) is 0 Å². The van der Waals surface area contributed by atoms with Gasteiger partial charge in [-0.1, -0.05) is 19.3 Å². The van der Waals surface area contributed by atoms with Crippen molar-refractivity contribution in [2.24, 2.45) is 0 Å². The summed E-state index contributed by atoms with van der Waals surface area (Å²) in [4.78, 5) is 23.1. The van der Waals surface area contributed by atoms with Crippen LogP contribution in [-0.4, -0.2) is 36.9 Å². The Bertz CT molecular complexity index is 200. The zero-order chi connectivity index (χ0) is 10.4. The second kappa shape index (κ2) is 5.62. The predicted octanol–water partition coefficient (Wildman–Crippen LogP) is 1.16. The fraction of sp³-hybridized carbons (Fsp3) is 0.800. The SMILES string of the molecule is CN(CC=O)C(=O)NC1CCCCC1. The maximum absolute atomic E-state index is 11.5. The van der Waals surface area contributed by atoms with Crippen LogP contribution in [0.3, 0.4) is 0 Å². The number of rotatable bonds is 3. The van der Waals surface area contributed by atoms with Gasteiger partial charge in [0.05, 0.1) is 6.54 Å². The van der Waals surface area contributed by atoms with Crippen molar-refractivity contribution < 1.29 is 9.59 Å². The van der Waals surface area contributed by atoms with Crippen LogP contribution in [0.1, 0.15) is 32.1 Å². The number of nitrogens with one attached hydrogen (secondary N) is 1. The number of carbonyl (C=O) groups is 2. The molecule has 0 spiro atoms. The van der Waals surface area contributed by atoms with Gasteiger partial charge in [0.2, 0.25) is 0 Å². The quantitative estimate of drug-likeness (QED) is 0.692. The van der Waals surface area contributed by atoms with Crippen molar-refractivity contribution in [1.82, 2.24) is 10.2 Å². The van der Waals surface area contributed by atoms with E-state index in [-0.39, 0.29) is 12.6 Å². The van der Waals surface area contributed by atoms with Gasteiger partial charge in [0.15, 0.2) is 0 Å². The lowest BCUT2D eigenvalue weighted by Crippen LogP contribution is -2.44. The first-order valence-corrected chi connectivity index (χ1v) is 5.19. The molecule has 1 aliphatic rings. The first-order valence-electron chi connectivity index (χ1n) is 5.19. The maximum atomic E-state index is 11.5. The van der Waals surface area contributed by atoms with E-state index in [1.54, 1.807) is 7.05 Å². The Kier molecular flexibility index (Phi) is 4.43. The number of hydrogen-bond acceptors (Lipinski definition) is 2. The number of nitrogens with zero attached hydrogens (tertiary/aromatic N) is 1. The second-order valence-electron chi connectivity index (χ2n) is 3.83. The monoisotopic (exact) mass is 198 g/mol. The third-order valence-electron chi connectivity index (χ3n) is 2.63. The van der Waals surface area contributed by atoms with Gasteiger partial charge in [-0.2, -0.15) is 0 Å². The molecule has 1 rings (SSSR count). The van der Waals surface area contributed by atoms with Crippen LogP contribution >= 0.6 is 0 Å². The molecule has 2 amide bonds. The Morgan fingerprint density at radius 3 is 2.64 bits per heavy atom. The van der Waals surface area contributed by atoms with Gasteiger partial charge in [-0.05, 0) is 12.8 Å². The van der Waals surface area contributed by atoms with Crippen LogP contribution in [0.15, 0.2) is 0 Å². The standard InChI is InChI=1S/C10H18N2O2/c1-12(7-8-13)10(14)11-9-5-3-2-4-6-9/h8-9H,2-7H2,1H3,(H,11,14). The van der Waals surface area contributed by atoms with Crippen LogP contribution in [0.5, 0.6) is 0 Å². The minimum atomic E-state index is -0.135. The first kappa shape index (κ1) is 11.0. The largest absolute Gasteiger partial charge is 0.335 e. The molecule has 1 N–H and O–H groups in total. The summed E-state index contributed by atoms with van der Waals surface area (Å²) in [7, 11) is 1.63. The molecule has 1 fully saturated rings. The van der Waals surface area contributed by atoms with Crippen LogP contribution in [-0.2, 0) is 4.79 Å². The molecule has 4 nitrogen and oxygen atoms in total. The molecule has 0 heterocycles. The number of likely N-dealkylation sites (N-methyl/N-ethyl adjacent to an activating group) is 1. The molecule has 0 aromatic rings. The fourth-order valence-corrected chi connectivity index (χ4v) is 1.73. The number of urea groups is 1. The summed E-state index contributed by atoms with van der Waals surface area (Å²) in [6.45, 7) is 0.165. The average Bonchev–Trinajstić information content (AvgIpc) is 2.19. The summed E-state index contributed by atoms with van der Waals surface area (Å²) < 4.78 is 0. The van der Waals surface area contributed by atoms with Crippen LogP contribution < -0.4 is 5.32 Å². The predicted molar refractivity (Wildman–Crippen MR) is 54.1 cm³/mol. The highest BCUT2D eigenvalue weighted by molar-refractivity contribution is 5.76. The Morgan fingerprint density at radius 2 is 2.07 bits per heavy atom. The first-order chi connectivity index (χ1) is 6.74.